The number of rotatable bonds is 12. The van der Waals surface area contributed by atoms with E-state index in [-0.39, 0.29) is 18.3 Å². The van der Waals surface area contributed by atoms with Gasteiger partial charge in [-0.05, 0) is 42.6 Å². The minimum Gasteiger partial charge on any atom is -0.379 e. The van der Waals surface area contributed by atoms with Gasteiger partial charge in [-0.25, -0.2) is 9.19 Å². The predicted octanol–water partition coefficient (Wildman–Crippen LogP) is 0.547. The van der Waals surface area contributed by atoms with E-state index in [1.807, 2.05) is 0 Å². The molecule has 10 nitrogen and oxygen atoms in total. The summed E-state index contributed by atoms with van der Waals surface area (Å²) in [7, 11) is 0. The molecule has 0 bridgehead atoms. The Kier molecular flexibility index (Phi) is 10.7. The predicted molar refractivity (Wildman–Crippen MR) is 117 cm³/mol. The van der Waals surface area contributed by atoms with Crippen molar-refractivity contribution in [2.24, 2.45) is 10.1 Å². The molecule has 11 heteroatoms. The van der Waals surface area contributed by atoms with Crippen LogP contribution in [0.2, 0.25) is 0 Å². The maximum absolute atomic E-state index is 11.9. The molecule has 0 aliphatic carbocycles. The van der Waals surface area contributed by atoms with E-state index in [9.17, 15) is 14.4 Å². The van der Waals surface area contributed by atoms with Gasteiger partial charge < -0.3 is 26.4 Å². The quantitative estimate of drug-likeness (QED) is 0.124. The summed E-state index contributed by atoms with van der Waals surface area (Å²) in [5.74, 6) is -0.252. The first-order chi connectivity index (χ1) is 14.6. The number of nitrogens with two attached hydrogens (primary N) is 1. The number of carbonyl (C=O) groups is 3. The highest BCUT2D eigenvalue weighted by Gasteiger charge is 2.10. The summed E-state index contributed by atoms with van der Waals surface area (Å²) in [6.45, 7) is 4.92. The molecular weight excluding hydrogens is 408 g/mol. The van der Waals surface area contributed by atoms with E-state index in [4.69, 9.17) is 10.5 Å². The molecule has 1 saturated heterocycles. The minimum atomic E-state index is -0.504. The highest BCUT2D eigenvalue weighted by atomic mass is 32.2. The van der Waals surface area contributed by atoms with Gasteiger partial charge in [-0.3, -0.25) is 14.5 Å². The van der Waals surface area contributed by atoms with Crippen molar-refractivity contribution in [3.63, 3.8) is 0 Å². The van der Waals surface area contributed by atoms with Gasteiger partial charge in [0, 0.05) is 25.3 Å². The van der Waals surface area contributed by atoms with Crippen LogP contribution < -0.4 is 21.7 Å². The van der Waals surface area contributed by atoms with Gasteiger partial charge in [0.05, 0.1) is 31.2 Å². The Labute approximate surface area is 180 Å². The zero-order valence-corrected chi connectivity index (χ0v) is 17.6. The molecule has 0 unspecified atom stereocenters. The standard InChI is InChI=1S/C19H28N6O4S/c20-18(27)12-17(15-2-4-16(5-3-15)22-13-26)24-30-14-23-19(28)21-6-1-7-25-8-10-29-11-9-25/h2-5,13H,1,6-12,14H2,(H2,20,27)(H,22,26)(H2,21,23,28). The monoisotopic (exact) mass is 436 g/mol. The average molecular weight is 437 g/mol. The Morgan fingerprint density at radius 1 is 1.20 bits per heavy atom. The number of morpholine rings is 1. The first-order valence-corrected chi connectivity index (χ1v) is 10.6. The molecule has 1 fully saturated rings. The number of urea groups is 1. The fourth-order valence-electron chi connectivity index (χ4n) is 2.78. The molecule has 1 heterocycles. The number of amides is 4. The van der Waals surface area contributed by atoms with Crippen LogP contribution in [-0.4, -0.2) is 74.2 Å². The Bertz CT molecular complexity index is 722. The first-order valence-electron chi connectivity index (χ1n) is 9.68. The number of hydrogen-bond acceptors (Lipinski definition) is 7. The largest absolute Gasteiger partial charge is 0.379 e. The van der Waals surface area contributed by atoms with Gasteiger partial charge in [0.2, 0.25) is 12.3 Å². The summed E-state index contributed by atoms with van der Waals surface area (Å²) in [4.78, 5) is 36.0. The van der Waals surface area contributed by atoms with Crippen LogP contribution in [-0.2, 0) is 14.3 Å². The molecule has 4 amide bonds. The summed E-state index contributed by atoms with van der Waals surface area (Å²) in [6.07, 6.45) is 1.43. The average Bonchev–Trinajstić information content (AvgIpc) is 2.75. The second-order valence-electron chi connectivity index (χ2n) is 6.53. The second-order valence-corrected chi connectivity index (χ2v) is 7.26. The van der Waals surface area contributed by atoms with Crippen molar-refractivity contribution in [3.8, 4) is 0 Å². The molecular formula is C19H28N6O4S. The summed E-state index contributed by atoms with van der Waals surface area (Å²) < 4.78 is 9.63. The van der Waals surface area contributed by atoms with Crippen LogP contribution in [0.3, 0.4) is 0 Å². The maximum Gasteiger partial charge on any atom is 0.315 e. The molecule has 0 aromatic heterocycles. The highest BCUT2D eigenvalue weighted by molar-refractivity contribution is 7.98. The van der Waals surface area contributed by atoms with Crippen molar-refractivity contribution in [2.75, 3.05) is 50.6 Å². The van der Waals surface area contributed by atoms with E-state index in [0.29, 0.717) is 29.9 Å². The molecule has 0 saturated carbocycles. The number of hydrogen-bond donors (Lipinski definition) is 4. The summed E-state index contributed by atoms with van der Waals surface area (Å²) >= 11 is 1.12. The van der Waals surface area contributed by atoms with Crippen molar-refractivity contribution >= 4 is 41.7 Å². The number of primary amides is 1. The van der Waals surface area contributed by atoms with Crippen LogP contribution in [0, 0.1) is 0 Å². The van der Waals surface area contributed by atoms with Gasteiger partial charge in [-0.2, -0.15) is 0 Å². The normalized spacial score (nSPS) is 14.7. The molecule has 0 spiro atoms. The third-order valence-electron chi connectivity index (χ3n) is 4.30. The Balaban J connectivity index is 1.71. The third-order valence-corrected chi connectivity index (χ3v) is 4.92. The van der Waals surface area contributed by atoms with Crippen molar-refractivity contribution in [1.82, 2.24) is 15.5 Å². The number of anilines is 1. The van der Waals surface area contributed by atoms with Crippen LogP contribution >= 0.6 is 11.9 Å². The fourth-order valence-corrected chi connectivity index (χ4v) is 3.36. The lowest BCUT2D eigenvalue weighted by atomic mass is 10.1. The number of nitrogens with zero attached hydrogens (tertiary/aromatic N) is 2. The number of carbonyl (C=O) groups excluding carboxylic acids is 3. The van der Waals surface area contributed by atoms with Gasteiger partial charge in [0.1, 0.15) is 0 Å². The Morgan fingerprint density at radius 3 is 2.60 bits per heavy atom. The van der Waals surface area contributed by atoms with Gasteiger partial charge in [-0.1, -0.05) is 12.1 Å². The first kappa shape index (κ1) is 23.6. The van der Waals surface area contributed by atoms with E-state index in [1.54, 1.807) is 24.3 Å². The van der Waals surface area contributed by atoms with Crippen molar-refractivity contribution in [3.05, 3.63) is 29.8 Å². The van der Waals surface area contributed by atoms with Gasteiger partial charge in [-0.15, -0.1) is 0 Å². The molecule has 0 atom stereocenters. The minimum absolute atomic E-state index is 0.0266. The van der Waals surface area contributed by atoms with Crippen LogP contribution in [0.5, 0.6) is 0 Å². The van der Waals surface area contributed by atoms with E-state index in [1.165, 1.54) is 0 Å². The smallest absolute Gasteiger partial charge is 0.315 e. The second kappa shape index (κ2) is 13.6. The maximum atomic E-state index is 11.9. The fraction of sp³-hybridized carbons (Fsp3) is 0.474. The number of nitrogens with one attached hydrogen (secondary N) is 3. The molecule has 1 aliphatic heterocycles. The SMILES string of the molecule is NC(=O)CC(=NSCNC(=O)NCCCN1CCOCC1)c1ccc(NC=O)cc1. The van der Waals surface area contributed by atoms with Gasteiger partial charge >= 0.3 is 6.03 Å². The van der Waals surface area contributed by atoms with Crippen LogP contribution in [0.15, 0.2) is 28.7 Å². The van der Waals surface area contributed by atoms with Crippen LogP contribution in [0.4, 0.5) is 10.5 Å². The van der Waals surface area contributed by atoms with Crippen LogP contribution in [0.1, 0.15) is 18.4 Å². The molecule has 5 N–H and O–H groups in total. The van der Waals surface area contributed by atoms with E-state index < -0.39 is 5.91 Å². The Hall–Kier alpha value is -2.63. The lowest BCUT2D eigenvalue weighted by molar-refractivity contribution is -0.116. The molecule has 1 aromatic rings. The van der Waals surface area contributed by atoms with E-state index >= 15 is 0 Å². The topological polar surface area (TPSA) is 138 Å². The number of ether oxygens (including phenoxy) is 1. The summed E-state index contributed by atoms with van der Waals surface area (Å²) in [5, 5.41) is 8.07. The van der Waals surface area contributed by atoms with Crippen molar-refractivity contribution in [2.45, 2.75) is 12.8 Å². The molecule has 0 radical (unpaired) electrons. The summed E-state index contributed by atoms with van der Waals surface area (Å²) in [5.41, 5.74) is 7.15. The van der Waals surface area contributed by atoms with Gasteiger partial charge in [0.15, 0.2) is 0 Å². The lowest BCUT2D eigenvalue weighted by Gasteiger charge is -2.26. The van der Waals surface area contributed by atoms with Crippen molar-refractivity contribution in [1.29, 1.82) is 0 Å². The lowest BCUT2D eigenvalue weighted by Crippen LogP contribution is -2.39. The highest BCUT2D eigenvalue weighted by Crippen LogP contribution is 2.14. The Morgan fingerprint density at radius 2 is 1.93 bits per heavy atom. The van der Waals surface area contributed by atoms with E-state index in [0.717, 1.165) is 51.2 Å². The third kappa shape index (κ3) is 9.25. The molecule has 2 rings (SSSR count). The zero-order chi connectivity index (χ0) is 21.6. The van der Waals surface area contributed by atoms with Gasteiger partial charge in [0.25, 0.3) is 0 Å². The summed E-state index contributed by atoms with van der Waals surface area (Å²) in [6, 6.07) is 6.62. The molecule has 1 aliphatic rings. The zero-order valence-electron chi connectivity index (χ0n) is 16.8. The van der Waals surface area contributed by atoms with Crippen LogP contribution in [0.25, 0.3) is 0 Å². The number of benzene rings is 1. The molecule has 30 heavy (non-hydrogen) atoms. The van der Waals surface area contributed by atoms with E-state index in [2.05, 4.69) is 25.2 Å². The molecule has 1 aromatic carbocycles. The molecule has 164 valence electrons. The van der Waals surface area contributed by atoms with Crippen molar-refractivity contribution < 1.29 is 19.1 Å².